The van der Waals surface area contributed by atoms with Crippen molar-refractivity contribution >= 4 is 14.4 Å². The van der Waals surface area contributed by atoms with Gasteiger partial charge < -0.3 is 52.4 Å². The summed E-state index contributed by atoms with van der Waals surface area (Å²) in [6.45, 7) is 16.2. The highest BCUT2D eigenvalue weighted by Gasteiger charge is 2.28. The van der Waals surface area contributed by atoms with E-state index in [9.17, 15) is 4.79 Å². The van der Waals surface area contributed by atoms with Crippen molar-refractivity contribution in [1.29, 1.82) is 0 Å². The first-order chi connectivity index (χ1) is 24.5. The van der Waals surface area contributed by atoms with Gasteiger partial charge in [0.15, 0.2) is 8.32 Å². The molecule has 0 saturated heterocycles. The Morgan fingerprint density at radius 3 is 1.30 bits per heavy atom. The molecule has 1 amide bonds. The van der Waals surface area contributed by atoms with E-state index in [0.717, 1.165) is 0 Å². The molecule has 0 radical (unpaired) electrons. The third kappa shape index (κ3) is 18.7. The number of carbonyl (C=O) groups is 1. The molecule has 1 aliphatic rings. The first-order valence-electron chi connectivity index (χ1n) is 17.8. The van der Waals surface area contributed by atoms with Gasteiger partial charge in [0.2, 0.25) is 0 Å². The number of alkyl carbamates (subject to hydrolysis) is 1. The summed E-state index contributed by atoms with van der Waals surface area (Å²) in [5.74, 6) is 0.0531. The third-order valence-corrected chi connectivity index (χ3v) is 8.52. The molecule has 12 nitrogen and oxygen atoms in total. The van der Waals surface area contributed by atoms with Gasteiger partial charge >= 0.3 is 6.09 Å². The normalized spacial score (nSPS) is 12.6. The number of nitrogens with one attached hydrogen (secondary N) is 1. The standard InChI is InChI=1S/C37H59NO11Si/c1-50(2,3)49-30-29-47-28-27-46-26-25-45-24-23-44-22-21-43-20-19-42-18-17-41-16-15-40-14-8-13-38-37(39)48-31-36-34-11-6-4-9-32(34)33-10-5-7-12-35(33)36/h4-7,9-12,36H,8,13-31H2,1-3H3,(H,38,39). The van der Waals surface area contributed by atoms with E-state index in [1.807, 2.05) is 24.3 Å². The molecule has 50 heavy (non-hydrogen) atoms. The molecule has 0 unspecified atom stereocenters. The average Bonchev–Trinajstić information content (AvgIpc) is 3.43. The van der Waals surface area contributed by atoms with Crippen molar-refractivity contribution in [2.45, 2.75) is 32.0 Å². The predicted molar refractivity (Wildman–Crippen MR) is 194 cm³/mol. The smallest absolute Gasteiger partial charge is 0.407 e. The summed E-state index contributed by atoms with van der Waals surface area (Å²) in [7, 11) is -1.46. The topological polar surface area (TPSA) is 121 Å². The van der Waals surface area contributed by atoms with Gasteiger partial charge in [0.1, 0.15) is 6.61 Å². The Balaban J connectivity index is 0.977. The van der Waals surface area contributed by atoms with Gasteiger partial charge in [0.05, 0.1) is 106 Å². The first-order valence-corrected chi connectivity index (χ1v) is 21.2. The largest absolute Gasteiger partial charge is 0.449 e. The Morgan fingerprint density at radius 2 is 0.900 bits per heavy atom. The number of amides is 1. The Labute approximate surface area is 299 Å². The summed E-state index contributed by atoms with van der Waals surface area (Å²) in [4.78, 5) is 12.3. The lowest BCUT2D eigenvalue weighted by Gasteiger charge is -2.16. The van der Waals surface area contributed by atoms with Crippen molar-refractivity contribution in [2.24, 2.45) is 0 Å². The van der Waals surface area contributed by atoms with E-state index in [2.05, 4.69) is 49.2 Å². The number of rotatable bonds is 31. The first kappa shape index (κ1) is 42.0. The van der Waals surface area contributed by atoms with Crippen LogP contribution in [0.2, 0.25) is 19.6 Å². The van der Waals surface area contributed by atoms with Gasteiger partial charge in [-0.1, -0.05) is 48.5 Å². The maximum atomic E-state index is 12.3. The summed E-state index contributed by atoms with van der Waals surface area (Å²) < 4.78 is 55.3. The molecule has 0 heterocycles. The lowest BCUT2D eigenvalue weighted by Crippen LogP contribution is -2.27. The van der Waals surface area contributed by atoms with Crippen LogP contribution in [0.15, 0.2) is 48.5 Å². The minimum atomic E-state index is -1.46. The quantitative estimate of drug-likeness (QED) is 0.0846. The number of fused-ring (bicyclic) bond motifs is 3. The summed E-state index contributed by atoms with van der Waals surface area (Å²) >= 11 is 0. The molecule has 0 fully saturated rings. The minimum Gasteiger partial charge on any atom is -0.449 e. The zero-order valence-corrected chi connectivity index (χ0v) is 31.3. The molecule has 0 aliphatic heterocycles. The van der Waals surface area contributed by atoms with E-state index in [-0.39, 0.29) is 5.92 Å². The Kier molecular flexibility index (Phi) is 22.1. The highest BCUT2D eigenvalue weighted by molar-refractivity contribution is 6.69. The molecule has 0 spiro atoms. The molecular weight excluding hydrogens is 662 g/mol. The van der Waals surface area contributed by atoms with E-state index in [1.54, 1.807) is 0 Å². The average molecular weight is 722 g/mol. The second-order valence-corrected chi connectivity index (χ2v) is 17.0. The lowest BCUT2D eigenvalue weighted by molar-refractivity contribution is -0.0237. The predicted octanol–water partition coefficient (Wildman–Crippen LogP) is 4.90. The van der Waals surface area contributed by atoms with Crippen molar-refractivity contribution in [1.82, 2.24) is 5.32 Å². The number of benzene rings is 2. The van der Waals surface area contributed by atoms with Gasteiger partial charge in [0.25, 0.3) is 0 Å². The van der Waals surface area contributed by atoms with E-state index in [0.29, 0.717) is 132 Å². The van der Waals surface area contributed by atoms with Crippen LogP contribution in [0.1, 0.15) is 23.5 Å². The molecule has 2 aromatic rings. The fraction of sp³-hybridized carbons (Fsp3) is 0.649. The van der Waals surface area contributed by atoms with E-state index in [1.165, 1.54) is 22.3 Å². The van der Waals surface area contributed by atoms with Crippen LogP contribution in [-0.2, 0) is 47.1 Å². The SMILES string of the molecule is C[Si](C)(C)OCCOCCOCCOCCOCCOCCOCCOCCOCCCNC(=O)OCC1c2ccccc2-c2ccccc21. The van der Waals surface area contributed by atoms with E-state index < -0.39 is 14.4 Å². The Hall–Kier alpha value is -2.43. The molecule has 13 heteroatoms. The molecule has 1 aliphatic carbocycles. The molecule has 0 bridgehead atoms. The Bertz CT molecular complexity index is 1120. The summed E-state index contributed by atoms with van der Waals surface area (Å²) in [6, 6.07) is 16.6. The van der Waals surface area contributed by atoms with Gasteiger partial charge in [0, 0.05) is 19.1 Å². The molecule has 0 aromatic heterocycles. The van der Waals surface area contributed by atoms with Crippen LogP contribution in [0.3, 0.4) is 0 Å². The maximum Gasteiger partial charge on any atom is 0.407 e. The van der Waals surface area contributed by atoms with Crippen LogP contribution in [0.5, 0.6) is 0 Å². The van der Waals surface area contributed by atoms with Gasteiger partial charge in [-0.3, -0.25) is 0 Å². The minimum absolute atomic E-state index is 0.0531. The highest BCUT2D eigenvalue weighted by atomic mass is 28.4. The van der Waals surface area contributed by atoms with Crippen molar-refractivity contribution < 1.29 is 51.9 Å². The van der Waals surface area contributed by atoms with Crippen molar-refractivity contribution in [3.05, 3.63) is 59.7 Å². The van der Waals surface area contributed by atoms with Crippen molar-refractivity contribution in [3.63, 3.8) is 0 Å². The highest BCUT2D eigenvalue weighted by Crippen LogP contribution is 2.44. The number of hydrogen-bond donors (Lipinski definition) is 1. The zero-order valence-electron chi connectivity index (χ0n) is 30.3. The van der Waals surface area contributed by atoms with Crippen LogP contribution in [0.25, 0.3) is 11.1 Å². The van der Waals surface area contributed by atoms with Gasteiger partial charge in [-0.2, -0.15) is 0 Å². The van der Waals surface area contributed by atoms with Crippen molar-refractivity contribution in [3.8, 4) is 11.1 Å². The molecular formula is C37H59NO11Si. The maximum absolute atomic E-state index is 12.3. The molecule has 0 atom stereocenters. The fourth-order valence-corrected chi connectivity index (χ4v) is 5.76. The monoisotopic (exact) mass is 721 g/mol. The molecule has 282 valence electrons. The summed E-state index contributed by atoms with van der Waals surface area (Å²) in [6.07, 6.45) is 0.277. The van der Waals surface area contributed by atoms with Crippen LogP contribution in [0.4, 0.5) is 4.79 Å². The number of carbonyl (C=O) groups excluding carboxylic acids is 1. The van der Waals surface area contributed by atoms with E-state index in [4.69, 9.17) is 47.1 Å². The van der Waals surface area contributed by atoms with Crippen LogP contribution >= 0.6 is 0 Å². The van der Waals surface area contributed by atoms with Crippen molar-refractivity contribution in [2.75, 3.05) is 125 Å². The fourth-order valence-electron chi connectivity index (χ4n) is 5.06. The summed E-state index contributed by atoms with van der Waals surface area (Å²) in [5.41, 5.74) is 4.82. The molecule has 2 aromatic carbocycles. The third-order valence-electron chi connectivity index (χ3n) is 7.45. The van der Waals surface area contributed by atoms with E-state index >= 15 is 0 Å². The van der Waals surface area contributed by atoms with Gasteiger partial charge in [-0.25, -0.2) is 4.79 Å². The number of ether oxygens (including phenoxy) is 9. The molecule has 0 saturated carbocycles. The van der Waals surface area contributed by atoms with Crippen LogP contribution in [0, 0.1) is 0 Å². The lowest BCUT2D eigenvalue weighted by atomic mass is 9.98. The molecule has 1 N–H and O–H groups in total. The van der Waals surface area contributed by atoms with Crippen LogP contribution < -0.4 is 5.32 Å². The van der Waals surface area contributed by atoms with Crippen LogP contribution in [-0.4, -0.2) is 140 Å². The second kappa shape index (κ2) is 26.4. The van der Waals surface area contributed by atoms with Gasteiger partial charge in [-0.05, 0) is 48.3 Å². The zero-order chi connectivity index (χ0) is 35.5. The van der Waals surface area contributed by atoms with Gasteiger partial charge in [-0.15, -0.1) is 0 Å². The molecule has 3 rings (SSSR count). The summed E-state index contributed by atoms with van der Waals surface area (Å²) in [5, 5.41) is 2.81. The number of hydrogen-bond acceptors (Lipinski definition) is 11. The second-order valence-electron chi connectivity index (χ2n) is 12.5. The Morgan fingerprint density at radius 1 is 0.540 bits per heavy atom.